The summed E-state index contributed by atoms with van der Waals surface area (Å²) in [5.74, 6) is 1.67. The highest BCUT2D eigenvalue weighted by Gasteiger charge is 2.38. The minimum absolute atomic E-state index is 0.0329. The van der Waals surface area contributed by atoms with Crippen molar-refractivity contribution in [3.63, 3.8) is 0 Å². The lowest BCUT2D eigenvalue weighted by molar-refractivity contribution is -0.131. The summed E-state index contributed by atoms with van der Waals surface area (Å²) in [7, 11) is 3.47. The van der Waals surface area contributed by atoms with E-state index in [4.69, 9.17) is 4.74 Å². The van der Waals surface area contributed by atoms with E-state index in [1.165, 1.54) is 0 Å². The van der Waals surface area contributed by atoms with Crippen LogP contribution in [0.5, 0.6) is 5.75 Å². The molecule has 0 aliphatic carbocycles. The fraction of sp³-hybridized carbons (Fsp3) is 0.321. The first-order valence-corrected chi connectivity index (χ1v) is 12.0. The molecule has 3 aromatic carbocycles. The molecule has 7 nitrogen and oxygen atoms in total. The number of ether oxygens (including phenoxy) is 1. The molecule has 35 heavy (non-hydrogen) atoms. The molecular formula is C28H30N4O3. The Morgan fingerprint density at radius 2 is 1.86 bits per heavy atom. The third-order valence-electron chi connectivity index (χ3n) is 7.03. The molecule has 1 saturated heterocycles. The Balaban J connectivity index is 1.31. The van der Waals surface area contributed by atoms with Gasteiger partial charge < -0.3 is 19.9 Å². The molecule has 7 heteroatoms. The lowest BCUT2D eigenvalue weighted by atomic mass is 9.83. The minimum atomic E-state index is -0.440. The largest absolute Gasteiger partial charge is 0.496 e. The van der Waals surface area contributed by atoms with Crippen molar-refractivity contribution >= 4 is 33.6 Å². The maximum Gasteiger partial charge on any atom is 0.222 e. The van der Waals surface area contributed by atoms with Crippen LogP contribution in [0.3, 0.4) is 0 Å². The Morgan fingerprint density at radius 3 is 2.60 bits per heavy atom. The molecule has 0 unspecified atom stereocenters. The van der Waals surface area contributed by atoms with Crippen molar-refractivity contribution in [3.05, 3.63) is 72.1 Å². The molecule has 1 aliphatic rings. The van der Waals surface area contributed by atoms with Crippen LogP contribution in [-0.4, -0.2) is 46.4 Å². The number of aromatic amines is 1. The molecule has 180 valence electrons. The van der Waals surface area contributed by atoms with Gasteiger partial charge in [0.2, 0.25) is 11.8 Å². The number of hydrogen-bond donors (Lipinski definition) is 2. The van der Waals surface area contributed by atoms with Gasteiger partial charge in [-0.3, -0.25) is 9.59 Å². The van der Waals surface area contributed by atoms with Gasteiger partial charge in [0.15, 0.2) is 0 Å². The lowest BCUT2D eigenvalue weighted by Crippen LogP contribution is -2.44. The Labute approximate surface area is 204 Å². The fourth-order valence-electron chi connectivity index (χ4n) is 5.14. The molecule has 1 fully saturated rings. The number of nitrogens with zero attached hydrogens (tertiary/aromatic N) is 2. The summed E-state index contributed by atoms with van der Waals surface area (Å²) in [6, 6.07) is 20.0. The predicted molar refractivity (Wildman–Crippen MR) is 136 cm³/mol. The van der Waals surface area contributed by atoms with E-state index in [2.05, 4.69) is 27.4 Å². The van der Waals surface area contributed by atoms with Crippen molar-refractivity contribution in [1.29, 1.82) is 0 Å². The first-order valence-electron chi connectivity index (χ1n) is 12.0. The monoisotopic (exact) mass is 470 g/mol. The smallest absolute Gasteiger partial charge is 0.222 e. The highest BCUT2D eigenvalue weighted by atomic mass is 16.5. The second-order valence-corrected chi connectivity index (χ2v) is 9.43. The van der Waals surface area contributed by atoms with Crippen molar-refractivity contribution in [3.8, 4) is 5.75 Å². The van der Waals surface area contributed by atoms with Gasteiger partial charge in [-0.2, -0.15) is 0 Å². The van der Waals surface area contributed by atoms with Crippen LogP contribution in [0.4, 0.5) is 0 Å². The normalized spacial score (nSPS) is 17.6. The van der Waals surface area contributed by atoms with E-state index in [1.807, 2.05) is 48.5 Å². The van der Waals surface area contributed by atoms with Crippen molar-refractivity contribution in [2.24, 2.45) is 0 Å². The number of methoxy groups -OCH3 is 1. The quantitative estimate of drug-likeness (QED) is 0.401. The highest BCUT2D eigenvalue weighted by molar-refractivity contribution is 5.91. The summed E-state index contributed by atoms with van der Waals surface area (Å²) in [5.41, 5.74) is 2.56. The number of para-hydroxylation sites is 2. The first-order chi connectivity index (χ1) is 17.0. The van der Waals surface area contributed by atoms with E-state index in [1.54, 1.807) is 19.1 Å². The maximum atomic E-state index is 13.0. The van der Waals surface area contributed by atoms with Crippen molar-refractivity contribution in [2.75, 3.05) is 14.2 Å². The number of benzene rings is 3. The summed E-state index contributed by atoms with van der Waals surface area (Å²) in [6.45, 7) is 0.413. The molecule has 2 N–H and O–H groups in total. The van der Waals surface area contributed by atoms with Crippen molar-refractivity contribution < 1.29 is 14.3 Å². The summed E-state index contributed by atoms with van der Waals surface area (Å²) in [5, 5.41) is 5.37. The van der Waals surface area contributed by atoms with Gasteiger partial charge in [-0.25, -0.2) is 4.98 Å². The van der Waals surface area contributed by atoms with E-state index < -0.39 is 5.54 Å². The highest BCUT2D eigenvalue weighted by Crippen LogP contribution is 2.35. The van der Waals surface area contributed by atoms with Crippen LogP contribution in [0.15, 0.2) is 60.7 Å². The average molecular weight is 471 g/mol. The Hall–Kier alpha value is -3.87. The number of H-pyrrole nitrogens is 1. The van der Waals surface area contributed by atoms with Gasteiger partial charge in [0.1, 0.15) is 11.6 Å². The molecule has 5 rings (SSSR count). The van der Waals surface area contributed by atoms with E-state index in [-0.39, 0.29) is 11.8 Å². The summed E-state index contributed by atoms with van der Waals surface area (Å²) in [4.78, 5) is 34.9. The Kier molecular flexibility index (Phi) is 6.16. The fourth-order valence-corrected chi connectivity index (χ4v) is 5.14. The molecule has 2 heterocycles. The third-order valence-corrected chi connectivity index (χ3v) is 7.03. The zero-order valence-electron chi connectivity index (χ0n) is 20.1. The van der Waals surface area contributed by atoms with E-state index in [9.17, 15) is 9.59 Å². The van der Waals surface area contributed by atoms with Crippen LogP contribution in [0.1, 0.15) is 37.1 Å². The average Bonchev–Trinajstić information content (AvgIpc) is 3.45. The van der Waals surface area contributed by atoms with Crippen LogP contribution < -0.4 is 10.1 Å². The number of amides is 2. The first kappa shape index (κ1) is 22.9. The summed E-state index contributed by atoms with van der Waals surface area (Å²) < 4.78 is 5.54. The predicted octanol–water partition coefficient (Wildman–Crippen LogP) is 4.35. The van der Waals surface area contributed by atoms with E-state index >= 15 is 0 Å². The van der Waals surface area contributed by atoms with E-state index in [0.29, 0.717) is 38.6 Å². The molecule has 1 atom stereocenters. The van der Waals surface area contributed by atoms with Crippen LogP contribution >= 0.6 is 0 Å². The molecule has 0 radical (unpaired) electrons. The number of carbonyl (C=O) groups excluding carboxylic acids is 2. The van der Waals surface area contributed by atoms with Gasteiger partial charge in [-0.15, -0.1) is 0 Å². The van der Waals surface area contributed by atoms with Crippen molar-refractivity contribution in [1.82, 2.24) is 20.2 Å². The van der Waals surface area contributed by atoms with Crippen LogP contribution in [0.25, 0.3) is 21.8 Å². The molecule has 0 bridgehead atoms. The van der Waals surface area contributed by atoms with Gasteiger partial charge in [-0.05, 0) is 48.4 Å². The number of imidazole rings is 1. The van der Waals surface area contributed by atoms with E-state index in [0.717, 1.165) is 38.9 Å². The van der Waals surface area contributed by atoms with Crippen LogP contribution in [-0.2, 0) is 22.6 Å². The van der Waals surface area contributed by atoms with Crippen LogP contribution in [0.2, 0.25) is 0 Å². The number of fused-ring (bicyclic) bond motifs is 2. The summed E-state index contributed by atoms with van der Waals surface area (Å²) >= 11 is 0. The number of hydrogen-bond acceptors (Lipinski definition) is 4. The molecule has 1 aliphatic heterocycles. The minimum Gasteiger partial charge on any atom is -0.496 e. The molecule has 4 aromatic rings. The Bertz CT molecular complexity index is 1360. The van der Waals surface area contributed by atoms with Gasteiger partial charge in [0.25, 0.3) is 0 Å². The van der Waals surface area contributed by atoms with Crippen LogP contribution in [0, 0.1) is 0 Å². The SMILES string of the molecule is COc1ccc(C[C@@]2(CCC(=O)N(C)Cc3nc4ccccc4[nH]3)CCC(=O)N2)c2ccccc12. The topological polar surface area (TPSA) is 87.3 Å². The number of carbonyl (C=O) groups is 2. The third kappa shape index (κ3) is 4.71. The van der Waals surface area contributed by atoms with Gasteiger partial charge in [0, 0.05) is 30.8 Å². The molecule has 0 saturated carbocycles. The van der Waals surface area contributed by atoms with Gasteiger partial charge >= 0.3 is 0 Å². The summed E-state index contributed by atoms with van der Waals surface area (Å²) in [6.07, 6.45) is 2.81. The van der Waals surface area contributed by atoms with Gasteiger partial charge in [-0.1, -0.05) is 42.5 Å². The number of nitrogens with one attached hydrogen (secondary N) is 2. The maximum absolute atomic E-state index is 13.0. The lowest BCUT2D eigenvalue weighted by Gasteiger charge is -2.30. The number of aromatic nitrogens is 2. The number of rotatable bonds is 8. The molecule has 0 spiro atoms. The second-order valence-electron chi connectivity index (χ2n) is 9.43. The standard InChI is InChI=1S/C28H30N4O3/c1-32(18-25-29-22-9-5-6-10-23(22)30-25)27(34)14-16-28(15-13-26(33)31-28)17-19-11-12-24(35-2)21-8-4-3-7-20(19)21/h3-12H,13-18H2,1-2H3,(H,29,30)(H,31,33)/t28-/m0/s1. The van der Waals surface area contributed by atoms with Gasteiger partial charge in [0.05, 0.1) is 24.7 Å². The second kappa shape index (κ2) is 9.41. The molecule has 2 amide bonds. The van der Waals surface area contributed by atoms with Crippen molar-refractivity contribution in [2.45, 2.75) is 44.2 Å². The zero-order valence-corrected chi connectivity index (χ0v) is 20.1. The Morgan fingerprint density at radius 1 is 1.09 bits per heavy atom. The zero-order chi connectivity index (χ0) is 24.4. The molecule has 1 aromatic heterocycles. The molecular weight excluding hydrogens is 440 g/mol.